The van der Waals surface area contributed by atoms with Gasteiger partial charge in [-0.2, -0.15) is 5.10 Å². The number of aryl methyl sites for hydroxylation is 1. The van der Waals surface area contributed by atoms with Gasteiger partial charge in [0.15, 0.2) is 0 Å². The topological polar surface area (TPSA) is 50.2 Å². The minimum atomic E-state index is 0. The van der Waals surface area contributed by atoms with Gasteiger partial charge in [-0.25, -0.2) is 0 Å². The normalized spacial score (nSPS) is 30.4. The molecule has 5 nitrogen and oxygen atoms in total. The predicted octanol–water partition coefficient (Wildman–Crippen LogP) is 2.72. The molecule has 1 aromatic heterocycles. The molecule has 0 bridgehead atoms. The Morgan fingerprint density at radius 2 is 1.96 bits per heavy atom. The summed E-state index contributed by atoms with van der Waals surface area (Å²) >= 11 is 0. The van der Waals surface area contributed by atoms with E-state index >= 15 is 0 Å². The number of amides is 1. The zero-order valence-corrected chi connectivity index (χ0v) is 16.0. The molecule has 0 aromatic carbocycles. The Morgan fingerprint density at radius 1 is 1.16 bits per heavy atom. The van der Waals surface area contributed by atoms with E-state index in [-0.39, 0.29) is 24.2 Å². The van der Waals surface area contributed by atoms with Crippen LogP contribution in [0.1, 0.15) is 56.4 Å². The van der Waals surface area contributed by atoms with Crippen molar-refractivity contribution in [2.24, 2.45) is 18.9 Å². The minimum absolute atomic E-state index is 0. The molecule has 3 heterocycles. The summed E-state index contributed by atoms with van der Waals surface area (Å²) in [6.45, 7) is 2.67. The van der Waals surface area contributed by atoms with Gasteiger partial charge in [-0.1, -0.05) is 19.3 Å². The summed E-state index contributed by atoms with van der Waals surface area (Å²) in [7, 11) is 1.95. The first-order valence-electron chi connectivity index (χ1n) is 9.74. The van der Waals surface area contributed by atoms with Gasteiger partial charge in [0.2, 0.25) is 5.91 Å². The monoisotopic (exact) mass is 366 g/mol. The highest BCUT2D eigenvalue weighted by Crippen LogP contribution is 2.37. The van der Waals surface area contributed by atoms with Gasteiger partial charge in [0.1, 0.15) is 0 Å². The average molecular weight is 367 g/mol. The number of carbonyl (C=O) groups excluding carboxylic acids is 1. The van der Waals surface area contributed by atoms with E-state index < -0.39 is 0 Å². The first-order valence-corrected chi connectivity index (χ1v) is 9.74. The molecule has 25 heavy (non-hydrogen) atoms. The fourth-order valence-electron chi connectivity index (χ4n) is 5.21. The Hall–Kier alpha value is -1.07. The maximum absolute atomic E-state index is 13.3. The van der Waals surface area contributed by atoms with Crippen molar-refractivity contribution in [2.75, 3.05) is 19.6 Å². The van der Waals surface area contributed by atoms with Crippen molar-refractivity contribution in [1.29, 1.82) is 0 Å². The van der Waals surface area contributed by atoms with Gasteiger partial charge in [-0.05, 0) is 37.2 Å². The molecule has 3 atom stereocenters. The predicted molar refractivity (Wildman–Crippen MR) is 101 cm³/mol. The summed E-state index contributed by atoms with van der Waals surface area (Å²) in [5, 5.41) is 7.75. The SMILES string of the molecule is Cl.Cn1cc([C@H]2CNC[C@@H]2C(=O)N2CCCC2C2CCCCC2)cn1. The van der Waals surface area contributed by atoms with E-state index in [1.165, 1.54) is 50.5 Å². The quantitative estimate of drug-likeness (QED) is 0.894. The minimum Gasteiger partial charge on any atom is -0.339 e. The molecular formula is C19H31ClN4O. The smallest absolute Gasteiger partial charge is 0.227 e. The van der Waals surface area contributed by atoms with E-state index in [0.29, 0.717) is 11.9 Å². The molecule has 1 aliphatic carbocycles. The van der Waals surface area contributed by atoms with E-state index in [1.807, 2.05) is 17.9 Å². The molecule has 3 fully saturated rings. The van der Waals surface area contributed by atoms with Crippen LogP contribution in [0, 0.1) is 11.8 Å². The first kappa shape index (κ1) is 18.7. The summed E-state index contributed by atoms with van der Waals surface area (Å²) in [4.78, 5) is 15.6. The van der Waals surface area contributed by atoms with Crippen LogP contribution in [0.25, 0.3) is 0 Å². The third-order valence-electron chi connectivity index (χ3n) is 6.46. The molecule has 6 heteroatoms. The van der Waals surface area contributed by atoms with Crippen LogP contribution in [-0.2, 0) is 11.8 Å². The van der Waals surface area contributed by atoms with Crippen LogP contribution < -0.4 is 5.32 Å². The summed E-state index contributed by atoms with van der Waals surface area (Å²) in [6, 6.07) is 0.507. The maximum atomic E-state index is 13.3. The molecule has 4 rings (SSSR count). The van der Waals surface area contributed by atoms with Gasteiger partial charge in [0.25, 0.3) is 0 Å². The first-order chi connectivity index (χ1) is 11.7. The summed E-state index contributed by atoms with van der Waals surface area (Å²) in [6.07, 6.45) is 13.1. The average Bonchev–Trinajstić information content (AvgIpc) is 3.34. The van der Waals surface area contributed by atoms with E-state index in [2.05, 4.69) is 21.5 Å². The number of likely N-dealkylation sites (tertiary alicyclic amines) is 1. The molecule has 1 saturated carbocycles. The molecule has 3 aliphatic rings. The standard InChI is InChI=1S/C19H30N4O.ClH/c1-22-13-15(10-21-22)16-11-20-12-17(16)19(24)23-9-5-8-18(23)14-6-3-2-4-7-14;/h10,13-14,16-18,20H,2-9,11-12H2,1H3;1H/t16-,17+,18?;/m1./s1. The van der Waals surface area contributed by atoms with Crippen LogP contribution in [0.15, 0.2) is 12.4 Å². The second-order valence-corrected chi connectivity index (χ2v) is 7.96. The van der Waals surface area contributed by atoms with Crippen molar-refractivity contribution in [3.05, 3.63) is 18.0 Å². The Labute approximate surface area is 156 Å². The van der Waals surface area contributed by atoms with Crippen molar-refractivity contribution >= 4 is 18.3 Å². The molecule has 0 radical (unpaired) electrons. The Morgan fingerprint density at radius 3 is 2.68 bits per heavy atom. The number of aromatic nitrogens is 2. The van der Waals surface area contributed by atoms with Crippen molar-refractivity contribution < 1.29 is 4.79 Å². The third-order valence-corrected chi connectivity index (χ3v) is 6.46. The van der Waals surface area contributed by atoms with Crippen LogP contribution >= 0.6 is 12.4 Å². The van der Waals surface area contributed by atoms with E-state index in [1.54, 1.807) is 0 Å². The number of nitrogens with one attached hydrogen (secondary N) is 1. The maximum Gasteiger partial charge on any atom is 0.227 e. The van der Waals surface area contributed by atoms with Gasteiger partial charge >= 0.3 is 0 Å². The van der Waals surface area contributed by atoms with E-state index in [4.69, 9.17) is 0 Å². The Balaban J connectivity index is 0.00000182. The van der Waals surface area contributed by atoms with Crippen LogP contribution in [0.5, 0.6) is 0 Å². The van der Waals surface area contributed by atoms with Crippen LogP contribution in [-0.4, -0.2) is 46.3 Å². The van der Waals surface area contributed by atoms with Gasteiger partial charge in [0.05, 0.1) is 12.1 Å². The number of hydrogen-bond acceptors (Lipinski definition) is 3. The molecule has 140 valence electrons. The molecule has 2 saturated heterocycles. The Kier molecular flexibility index (Phi) is 6.05. The highest BCUT2D eigenvalue weighted by atomic mass is 35.5. The van der Waals surface area contributed by atoms with Crippen molar-refractivity contribution in [3.63, 3.8) is 0 Å². The van der Waals surface area contributed by atoms with Crippen LogP contribution in [0.2, 0.25) is 0 Å². The fraction of sp³-hybridized carbons (Fsp3) is 0.789. The molecule has 1 amide bonds. The lowest BCUT2D eigenvalue weighted by atomic mass is 9.82. The van der Waals surface area contributed by atoms with Crippen LogP contribution in [0.4, 0.5) is 0 Å². The third kappa shape index (κ3) is 3.72. The number of rotatable bonds is 3. The van der Waals surface area contributed by atoms with Crippen molar-refractivity contribution in [2.45, 2.75) is 56.9 Å². The highest BCUT2D eigenvalue weighted by Gasteiger charge is 2.42. The lowest BCUT2D eigenvalue weighted by molar-refractivity contribution is -0.137. The number of hydrogen-bond donors (Lipinski definition) is 1. The fourth-order valence-corrected chi connectivity index (χ4v) is 5.21. The van der Waals surface area contributed by atoms with Crippen LogP contribution in [0.3, 0.4) is 0 Å². The molecular weight excluding hydrogens is 336 g/mol. The molecule has 2 aliphatic heterocycles. The Bertz CT molecular complexity index is 584. The van der Waals surface area contributed by atoms with Gasteiger partial charge in [0, 0.05) is 44.8 Å². The molecule has 1 N–H and O–H groups in total. The number of nitrogens with zero attached hydrogens (tertiary/aromatic N) is 3. The van der Waals surface area contributed by atoms with E-state index in [9.17, 15) is 4.79 Å². The highest BCUT2D eigenvalue weighted by molar-refractivity contribution is 5.85. The van der Waals surface area contributed by atoms with Crippen molar-refractivity contribution in [3.8, 4) is 0 Å². The largest absolute Gasteiger partial charge is 0.339 e. The lowest BCUT2D eigenvalue weighted by Gasteiger charge is -2.36. The molecule has 0 spiro atoms. The van der Waals surface area contributed by atoms with Gasteiger partial charge < -0.3 is 10.2 Å². The lowest BCUT2D eigenvalue weighted by Crippen LogP contribution is -2.45. The van der Waals surface area contributed by atoms with Gasteiger partial charge in [-0.15, -0.1) is 12.4 Å². The second kappa shape index (κ2) is 8.09. The van der Waals surface area contributed by atoms with E-state index in [0.717, 1.165) is 25.6 Å². The molecule has 1 aromatic rings. The zero-order chi connectivity index (χ0) is 16.5. The summed E-state index contributed by atoms with van der Waals surface area (Å²) in [5.41, 5.74) is 1.20. The number of carbonyl (C=O) groups is 1. The summed E-state index contributed by atoms with van der Waals surface area (Å²) < 4.78 is 1.84. The van der Waals surface area contributed by atoms with Crippen molar-refractivity contribution in [1.82, 2.24) is 20.0 Å². The zero-order valence-electron chi connectivity index (χ0n) is 15.2. The van der Waals surface area contributed by atoms with Gasteiger partial charge in [-0.3, -0.25) is 9.48 Å². The second-order valence-electron chi connectivity index (χ2n) is 7.96. The number of halogens is 1. The summed E-state index contributed by atoms with van der Waals surface area (Å²) in [5.74, 6) is 1.50. The molecule has 1 unspecified atom stereocenters.